The average molecular weight is 460 g/mol. The van der Waals surface area contributed by atoms with E-state index >= 15 is 0 Å². The van der Waals surface area contributed by atoms with E-state index in [1.54, 1.807) is 6.20 Å². The summed E-state index contributed by atoms with van der Waals surface area (Å²) >= 11 is 6.17. The summed E-state index contributed by atoms with van der Waals surface area (Å²) in [5, 5.41) is 8.51. The van der Waals surface area contributed by atoms with Gasteiger partial charge in [-0.3, -0.25) is 4.79 Å². The van der Waals surface area contributed by atoms with Gasteiger partial charge in [0.25, 0.3) is 0 Å². The predicted molar refractivity (Wildman–Crippen MR) is 131 cm³/mol. The molecule has 1 fully saturated rings. The minimum atomic E-state index is -0.0680. The summed E-state index contributed by atoms with van der Waals surface area (Å²) in [4.78, 5) is 19.8. The summed E-state index contributed by atoms with van der Waals surface area (Å²) in [6.07, 6.45) is 5.44. The second-order valence-electron chi connectivity index (χ2n) is 8.61. The van der Waals surface area contributed by atoms with Crippen molar-refractivity contribution in [2.75, 3.05) is 18.0 Å². The van der Waals surface area contributed by atoms with Gasteiger partial charge < -0.3 is 10.2 Å². The van der Waals surface area contributed by atoms with Crippen molar-refractivity contribution in [2.24, 2.45) is 5.92 Å². The highest BCUT2D eigenvalue weighted by molar-refractivity contribution is 6.30. The number of rotatable bonds is 5. The van der Waals surface area contributed by atoms with Crippen molar-refractivity contribution < 1.29 is 4.79 Å². The zero-order valence-corrected chi connectivity index (χ0v) is 19.3. The van der Waals surface area contributed by atoms with Crippen LogP contribution in [-0.4, -0.2) is 33.6 Å². The van der Waals surface area contributed by atoms with Gasteiger partial charge in [-0.2, -0.15) is 5.10 Å². The minimum absolute atomic E-state index is 0.0680. The number of fused-ring (bicyclic) bond motifs is 1. The molecule has 0 bridgehead atoms. The molecule has 0 aliphatic carbocycles. The van der Waals surface area contributed by atoms with Gasteiger partial charge in [0.2, 0.25) is 5.91 Å². The highest BCUT2D eigenvalue weighted by atomic mass is 35.5. The third kappa shape index (κ3) is 4.71. The van der Waals surface area contributed by atoms with Gasteiger partial charge in [0.05, 0.1) is 11.6 Å². The Hall–Kier alpha value is -3.38. The number of piperidine rings is 1. The molecule has 0 spiro atoms. The van der Waals surface area contributed by atoms with Gasteiger partial charge in [0.1, 0.15) is 5.52 Å². The summed E-state index contributed by atoms with van der Waals surface area (Å²) in [6, 6.07) is 18.0. The van der Waals surface area contributed by atoms with Crippen LogP contribution in [0.4, 0.5) is 5.82 Å². The SMILES string of the molecule is Cc1ccc(CNC(=O)[C@H]2CCCN(c3nccn4nc(-c5cccc(Cl)c5)cc34)C2)cc1. The van der Waals surface area contributed by atoms with Gasteiger partial charge in [-0.1, -0.05) is 53.6 Å². The van der Waals surface area contributed by atoms with Crippen molar-refractivity contribution in [1.82, 2.24) is 19.9 Å². The fourth-order valence-electron chi connectivity index (χ4n) is 4.36. The first-order valence-corrected chi connectivity index (χ1v) is 11.6. The molecule has 6 nitrogen and oxygen atoms in total. The lowest BCUT2D eigenvalue weighted by molar-refractivity contribution is -0.125. The molecule has 4 aromatic rings. The molecule has 0 saturated carbocycles. The van der Waals surface area contributed by atoms with Gasteiger partial charge in [-0.25, -0.2) is 9.50 Å². The highest BCUT2D eigenvalue weighted by Gasteiger charge is 2.27. The maximum absolute atomic E-state index is 12.9. The van der Waals surface area contributed by atoms with Gasteiger partial charge in [-0.05, 0) is 43.5 Å². The molecule has 1 saturated heterocycles. The second-order valence-corrected chi connectivity index (χ2v) is 9.05. The van der Waals surface area contributed by atoms with Crippen molar-refractivity contribution in [2.45, 2.75) is 26.3 Å². The fourth-order valence-corrected chi connectivity index (χ4v) is 4.55. The van der Waals surface area contributed by atoms with Crippen molar-refractivity contribution in [3.8, 4) is 11.3 Å². The van der Waals surface area contributed by atoms with Crippen LogP contribution < -0.4 is 10.2 Å². The van der Waals surface area contributed by atoms with Crippen LogP contribution in [0.15, 0.2) is 67.0 Å². The van der Waals surface area contributed by atoms with Gasteiger partial charge in [-0.15, -0.1) is 0 Å². The molecule has 1 N–H and O–H groups in total. The van der Waals surface area contributed by atoms with Gasteiger partial charge >= 0.3 is 0 Å². The number of nitrogens with one attached hydrogen (secondary N) is 1. The number of carbonyl (C=O) groups excluding carboxylic acids is 1. The lowest BCUT2D eigenvalue weighted by atomic mass is 9.97. The van der Waals surface area contributed by atoms with Crippen LogP contribution >= 0.6 is 11.6 Å². The molecule has 2 aromatic heterocycles. The molecular weight excluding hydrogens is 434 g/mol. The first-order valence-electron chi connectivity index (χ1n) is 11.3. The van der Waals surface area contributed by atoms with Gasteiger partial charge in [0, 0.05) is 42.6 Å². The topological polar surface area (TPSA) is 62.5 Å². The number of benzene rings is 2. The van der Waals surface area contributed by atoms with Crippen LogP contribution in [0.3, 0.4) is 0 Å². The molecule has 0 radical (unpaired) electrons. The normalized spacial score (nSPS) is 16.2. The highest BCUT2D eigenvalue weighted by Crippen LogP contribution is 2.29. The Morgan fingerprint density at radius 3 is 2.85 bits per heavy atom. The molecule has 7 heteroatoms. The lowest BCUT2D eigenvalue weighted by Gasteiger charge is -2.33. The van der Waals surface area contributed by atoms with E-state index in [2.05, 4.69) is 46.4 Å². The fraction of sp³-hybridized carbons (Fsp3) is 0.269. The Morgan fingerprint density at radius 1 is 1.18 bits per heavy atom. The minimum Gasteiger partial charge on any atom is -0.354 e. The van der Waals surface area contributed by atoms with Crippen LogP contribution in [0.2, 0.25) is 5.02 Å². The number of anilines is 1. The largest absolute Gasteiger partial charge is 0.354 e. The molecule has 33 heavy (non-hydrogen) atoms. The number of carbonyl (C=O) groups is 1. The van der Waals surface area contributed by atoms with E-state index in [4.69, 9.17) is 16.7 Å². The number of halogens is 1. The molecule has 1 aliphatic heterocycles. The van der Waals surface area contributed by atoms with Gasteiger partial charge in [0.15, 0.2) is 5.82 Å². The summed E-state index contributed by atoms with van der Waals surface area (Å²) in [5.41, 5.74) is 5.06. The van der Waals surface area contributed by atoms with E-state index in [9.17, 15) is 4.79 Å². The van der Waals surface area contributed by atoms with Crippen LogP contribution in [0, 0.1) is 12.8 Å². The molecule has 2 aromatic carbocycles. The molecule has 0 unspecified atom stereocenters. The zero-order valence-electron chi connectivity index (χ0n) is 18.5. The van der Waals surface area contributed by atoms with E-state index in [0.717, 1.165) is 47.5 Å². The van der Waals surface area contributed by atoms with Crippen molar-refractivity contribution in [3.05, 3.63) is 83.1 Å². The predicted octanol–water partition coefficient (Wildman–Crippen LogP) is 4.89. The first-order chi connectivity index (χ1) is 16.1. The Kier molecular flexibility index (Phi) is 6.01. The Labute approximate surface area is 198 Å². The molecule has 1 aliphatic rings. The van der Waals surface area contributed by atoms with E-state index in [1.807, 2.05) is 41.0 Å². The Morgan fingerprint density at radius 2 is 2.03 bits per heavy atom. The van der Waals surface area contributed by atoms with E-state index in [1.165, 1.54) is 5.56 Å². The number of aryl methyl sites for hydroxylation is 1. The average Bonchev–Trinajstić information content (AvgIpc) is 3.28. The van der Waals surface area contributed by atoms with Crippen LogP contribution in [0.5, 0.6) is 0 Å². The maximum Gasteiger partial charge on any atom is 0.225 e. The van der Waals surface area contributed by atoms with E-state index in [0.29, 0.717) is 18.1 Å². The van der Waals surface area contributed by atoms with Crippen molar-refractivity contribution >= 4 is 28.8 Å². The van der Waals surface area contributed by atoms with Crippen LogP contribution in [0.25, 0.3) is 16.8 Å². The standard InChI is InChI=1S/C26H26ClN5O/c1-18-7-9-19(10-8-18)16-29-26(33)21-5-3-12-31(17-21)25-24-15-23(30-32(24)13-11-28-25)20-4-2-6-22(27)14-20/h2,4,6-11,13-15,21H,3,5,12,16-17H2,1H3,(H,29,33)/t21-/m0/s1. The Balaban J connectivity index is 1.33. The smallest absolute Gasteiger partial charge is 0.225 e. The number of amides is 1. The number of aromatic nitrogens is 3. The molecule has 3 heterocycles. The molecule has 1 amide bonds. The first kappa shape index (κ1) is 21.5. The van der Waals surface area contributed by atoms with Crippen molar-refractivity contribution in [1.29, 1.82) is 0 Å². The number of hydrogen-bond donors (Lipinski definition) is 1. The van der Waals surface area contributed by atoms with E-state index in [-0.39, 0.29) is 11.8 Å². The summed E-state index contributed by atoms with van der Waals surface area (Å²) < 4.78 is 1.85. The van der Waals surface area contributed by atoms with Crippen LogP contribution in [0.1, 0.15) is 24.0 Å². The molecular formula is C26H26ClN5O. The third-order valence-corrected chi connectivity index (χ3v) is 6.40. The molecule has 5 rings (SSSR count). The van der Waals surface area contributed by atoms with Crippen molar-refractivity contribution in [3.63, 3.8) is 0 Å². The molecule has 168 valence electrons. The zero-order chi connectivity index (χ0) is 22.8. The summed E-state index contributed by atoms with van der Waals surface area (Å²) in [7, 11) is 0. The third-order valence-electron chi connectivity index (χ3n) is 6.17. The summed E-state index contributed by atoms with van der Waals surface area (Å²) in [5.74, 6) is 0.885. The number of hydrogen-bond acceptors (Lipinski definition) is 4. The monoisotopic (exact) mass is 459 g/mol. The Bertz CT molecular complexity index is 1280. The summed E-state index contributed by atoms with van der Waals surface area (Å²) in [6.45, 7) is 4.12. The maximum atomic E-state index is 12.9. The number of nitrogens with zero attached hydrogens (tertiary/aromatic N) is 4. The van der Waals surface area contributed by atoms with Crippen LogP contribution in [-0.2, 0) is 11.3 Å². The quantitative estimate of drug-likeness (QED) is 0.461. The molecule has 1 atom stereocenters. The lowest BCUT2D eigenvalue weighted by Crippen LogP contribution is -2.43. The second kappa shape index (κ2) is 9.24. The van der Waals surface area contributed by atoms with E-state index < -0.39 is 0 Å².